The number of amides is 1. The number of nitrogens with one attached hydrogen (secondary N) is 2. The third-order valence-electron chi connectivity index (χ3n) is 5.50. The highest BCUT2D eigenvalue weighted by Gasteiger charge is 2.38. The number of carbonyl (C=O) groups excluding carboxylic acids is 1. The van der Waals surface area contributed by atoms with Crippen LogP contribution in [0.2, 0.25) is 5.02 Å². The maximum Gasteiger partial charge on any atom is 0.241 e. The molecule has 2 aliphatic rings. The van der Waals surface area contributed by atoms with E-state index in [0.717, 1.165) is 12.0 Å². The second-order valence-corrected chi connectivity index (χ2v) is 7.80. The van der Waals surface area contributed by atoms with Crippen LogP contribution < -0.4 is 15.4 Å². The van der Waals surface area contributed by atoms with Gasteiger partial charge in [-0.2, -0.15) is 0 Å². The van der Waals surface area contributed by atoms with E-state index in [1.165, 1.54) is 25.7 Å². The summed E-state index contributed by atoms with van der Waals surface area (Å²) in [5.41, 5.74) is 1.66. The van der Waals surface area contributed by atoms with Crippen molar-refractivity contribution >= 4 is 23.2 Å². The van der Waals surface area contributed by atoms with Crippen LogP contribution in [0.5, 0.6) is 5.75 Å². The molecule has 1 saturated heterocycles. The zero-order valence-electron chi connectivity index (χ0n) is 15.2. The smallest absolute Gasteiger partial charge is 0.241 e. The Hall–Kier alpha value is -2.11. The number of hydrogen-bond acceptors (Lipinski definition) is 4. The molecule has 2 N–H and O–H groups in total. The van der Waals surface area contributed by atoms with Crippen molar-refractivity contribution in [3.8, 4) is 5.75 Å². The molecular formula is C21H24ClN3O2. The number of rotatable bonds is 5. The average Bonchev–Trinajstić information content (AvgIpc) is 3.13. The van der Waals surface area contributed by atoms with Crippen molar-refractivity contribution < 1.29 is 9.53 Å². The lowest BCUT2D eigenvalue weighted by atomic mass is 9.85. The molecular weight excluding hydrogens is 362 g/mol. The zero-order chi connectivity index (χ0) is 18.6. The van der Waals surface area contributed by atoms with Gasteiger partial charge in [-0.25, -0.2) is 0 Å². The topological polar surface area (TPSA) is 63.2 Å². The number of anilines is 1. The molecule has 6 heteroatoms. The molecule has 1 aromatic heterocycles. The third kappa shape index (κ3) is 4.42. The number of ether oxygens (including phenoxy) is 1. The van der Waals surface area contributed by atoms with Crippen molar-refractivity contribution in [3.05, 3.63) is 53.3 Å². The van der Waals surface area contributed by atoms with Gasteiger partial charge >= 0.3 is 0 Å². The fourth-order valence-corrected chi connectivity index (χ4v) is 4.33. The van der Waals surface area contributed by atoms with Crippen molar-refractivity contribution in [1.82, 2.24) is 10.3 Å². The molecule has 4 rings (SSSR count). The Labute approximate surface area is 164 Å². The van der Waals surface area contributed by atoms with Gasteiger partial charge in [-0.05, 0) is 49.4 Å². The largest absolute Gasteiger partial charge is 0.487 e. The Morgan fingerprint density at radius 2 is 2.19 bits per heavy atom. The van der Waals surface area contributed by atoms with Crippen LogP contribution in [0.15, 0.2) is 42.7 Å². The van der Waals surface area contributed by atoms with Crippen LogP contribution >= 0.6 is 11.6 Å². The first-order chi connectivity index (χ1) is 13.2. The average molecular weight is 386 g/mol. The SMILES string of the molecule is O=C(Nc1ccc(OCc2cccnc2)c(Cl)c1)C1CC2CCCCC2N1. The predicted octanol–water partition coefficient (Wildman–Crippen LogP) is 4.17. The number of halogens is 1. The molecule has 2 fully saturated rings. The summed E-state index contributed by atoms with van der Waals surface area (Å²) in [6.45, 7) is 0.397. The van der Waals surface area contributed by atoms with E-state index in [-0.39, 0.29) is 11.9 Å². The quantitative estimate of drug-likeness (QED) is 0.810. The highest BCUT2D eigenvalue weighted by atomic mass is 35.5. The number of benzene rings is 1. The summed E-state index contributed by atoms with van der Waals surface area (Å²) >= 11 is 6.33. The lowest BCUT2D eigenvalue weighted by molar-refractivity contribution is -0.117. The summed E-state index contributed by atoms with van der Waals surface area (Å²) in [7, 11) is 0. The Bertz CT molecular complexity index is 785. The number of aromatic nitrogens is 1. The molecule has 2 heterocycles. The van der Waals surface area contributed by atoms with Crippen molar-refractivity contribution in [2.24, 2.45) is 5.92 Å². The summed E-state index contributed by atoms with van der Waals surface area (Å²) in [5.74, 6) is 1.24. The number of nitrogens with zero attached hydrogens (tertiary/aromatic N) is 1. The number of hydrogen-bond donors (Lipinski definition) is 2. The first-order valence-corrected chi connectivity index (χ1v) is 9.95. The van der Waals surface area contributed by atoms with Crippen LogP contribution in [-0.2, 0) is 11.4 Å². The summed E-state index contributed by atoms with van der Waals surface area (Å²) in [6, 6.07) is 9.55. The molecule has 3 unspecified atom stereocenters. The molecule has 142 valence electrons. The molecule has 2 aromatic rings. The van der Waals surface area contributed by atoms with Crippen LogP contribution in [0.3, 0.4) is 0 Å². The van der Waals surface area contributed by atoms with E-state index in [0.29, 0.717) is 35.0 Å². The van der Waals surface area contributed by atoms with Gasteiger partial charge in [0, 0.05) is 29.7 Å². The van der Waals surface area contributed by atoms with Gasteiger partial charge in [-0.15, -0.1) is 0 Å². The van der Waals surface area contributed by atoms with Gasteiger partial charge in [0.25, 0.3) is 0 Å². The van der Waals surface area contributed by atoms with E-state index in [2.05, 4.69) is 15.6 Å². The second-order valence-electron chi connectivity index (χ2n) is 7.39. The summed E-state index contributed by atoms with van der Waals surface area (Å²) < 4.78 is 5.75. The summed E-state index contributed by atoms with van der Waals surface area (Å²) in [5, 5.41) is 6.96. The van der Waals surface area contributed by atoms with Crippen LogP contribution in [0.4, 0.5) is 5.69 Å². The Balaban J connectivity index is 1.34. The van der Waals surface area contributed by atoms with Crippen LogP contribution in [0, 0.1) is 5.92 Å². The fourth-order valence-electron chi connectivity index (χ4n) is 4.09. The minimum atomic E-state index is -0.113. The molecule has 0 spiro atoms. The lowest BCUT2D eigenvalue weighted by Gasteiger charge is -2.24. The third-order valence-corrected chi connectivity index (χ3v) is 5.79. The molecule has 1 aliphatic carbocycles. The van der Waals surface area contributed by atoms with Gasteiger partial charge in [0.05, 0.1) is 11.1 Å². The number of fused-ring (bicyclic) bond motifs is 1. The molecule has 1 aromatic carbocycles. The Morgan fingerprint density at radius 3 is 2.96 bits per heavy atom. The summed E-state index contributed by atoms with van der Waals surface area (Å²) in [4.78, 5) is 16.7. The van der Waals surface area contributed by atoms with Gasteiger partial charge < -0.3 is 15.4 Å². The Morgan fingerprint density at radius 1 is 1.30 bits per heavy atom. The number of carbonyl (C=O) groups is 1. The molecule has 0 bridgehead atoms. The van der Waals surface area contributed by atoms with E-state index in [1.807, 2.05) is 18.2 Å². The van der Waals surface area contributed by atoms with Crippen LogP contribution in [0.25, 0.3) is 0 Å². The summed E-state index contributed by atoms with van der Waals surface area (Å²) in [6.07, 6.45) is 9.37. The monoisotopic (exact) mass is 385 g/mol. The van der Waals surface area contributed by atoms with Gasteiger partial charge in [0.1, 0.15) is 12.4 Å². The fraction of sp³-hybridized carbons (Fsp3) is 0.429. The van der Waals surface area contributed by atoms with E-state index in [9.17, 15) is 4.79 Å². The van der Waals surface area contributed by atoms with E-state index < -0.39 is 0 Å². The van der Waals surface area contributed by atoms with Gasteiger partial charge in [0.15, 0.2) is 0 Å². The van der Waals surface area contributed by atoms with Crippen molar-refractivity contribution in [2.45, 2.75) is 50.8 Å². The molecule has 3 atom stereocenters. The highest BCUT2D eigenvalue weighted by molar-refractivity contribution is 6.32. The Kier molecular flexibility index (Phi) is 5.60. The first-order valence-electron chi connectivity index (χ1n) is 9.57. The number of pyridine rings is 1. The minimum Gasteiger partial charge on any atom is -0.487 e. The molecule has 1 aliphatic heterocycles. The van der Waals surface area contributed by atoms with E-state index >= 15 is 0 Å². The molecule has 27 heavy (non-hydrogen) atoms. The van der Waals surface area contributed by atoms with Crippen molar-refractivity contribution in [1.29, 1.82) is 0 Å². The molecule has 0 radical (unpaired) electrons. The van der Waals surface area contributed by atoms with Crippen molar-refractivity contribution in [2.75, 3.05) is 5.32 Å². The molecule has 5 nitrogen and oxygen atoms in total. The molecule has 1 saturated carbocycles. The predicted molar refractivity (Wildman–Crippen MR) is 106 cm³/mol. The van der Waals surface area contributed by atoms with Crippen LogP contribution in [-0.4, -0.2) is 23.0 Å². The molecule has 1 amide bonds. The van der Waals surface area contributed by atoms with Gasteiger partial charge in [-0.1, -0.05) is 30.5 Å². The van der Waals surface area contributed by atoms with E-state index in [4.69, 9.17) is 16.3 Å². The van der Waals surface area contributed by atoms with E-state index in [1.54, 1.807) is 24.5 Å². The first kappa shape index (κ1) is 18.3. The van der Waals surface area contributed by atoms with Gasteiger partial charge in [0.2, 0.25) is 5.91 Å². The van der Waals surface area contributed by atoms with Crippen molar-refractivity contribution in [3.63, 3.8) is 0 Å². The van der Waals surface area contributed by atoms with Crippen LogP contribution in [0.1, 0.15) is 37.7 Å². The van der Waals surface area contributed by atoms with Gasteiger partial charge in [-0.3, -0.25) is 9.78 Å². The second kappa shape index (κ2) is 8.28. The maximum absolute atomic E-state index is 12.6. The normalized spacial score (nSPS) is 24.3. The minimum absolute atomic E-state index is 0.0181. The highest BCUT2D eigenvalue weighted by Crippen LogP contribution is 2.34. The zero-order valence-corrected chi connectivity index (χ0v) is 15.9. The standard InChI is InChI=1S/C21H24ClN3O2/c22-17-11-16(7-8-20(17)27-13-14-4-3-9-23-12-14)24-21(26)19-10-15-5-1-2-6-18(15)25-19/h3-4,7-9,11-12,15,18-19,25H,1-2,5-6,10,13H2,(H,24,26). The maximum atomic E-state index is 12.6. The lowest BCUT2D eigenvalue weighted by Crippen LogP contribution is -2.39.